The number of aromatic nitrogens is 1. The predicted octanol–water partition coefficient (Wildman–Crippen LogP) is 2.90. The molecule has 1 aromatic carbocycles. The Morgan fingerprint density at radius 2 is 1.72 bits per heavy atom. The molecule has 0 aliphatic carbocycles. The van der Waals surface area contributed by atoms with Crippen molar-refractivity contribution < 1.29 is 14.3 Å². The minimum atomic E-state index is 0.185. The van der Waals surface area contributed by atoms with Crippen molar-refractivity contribution in [2.45, 2.75) is 26.8 Å². The van der Waals surface area contributed by atoms with Gasteiger partial charge in [-0.1, -0.05) is 0 Å². The van der Waals surface area contributed by atoms with Crippen LogP contribution in [0.5, 0.6) is 11.5 Å². The quantitative estimate of drug-likeness (QED) is 0.784. The summed E-state index contributed by atoms with van der Waals surface area (Å²) in [6.45, 7) is 6.10. The van der Waals surface area contributed by atoms with E-state index >= 15 is 0 Å². The number of carbonyl (C=O) groups is 1. The van der Waals surface area contributed by atoms with E-state index in [1.165, 1.54) is 11.1 Å². The van der Waals surface area contributed by atoms with Crippen molar-refractivity contribution >= 4 is 5.78 Å². The van der Waals surface area contributed by atoms with Crippen LogP contribution in [-0.2, 0) is 20.0 Å². The molecule has 3 rings (SSSR count). The minimum absolute atomic E-state index is 0.185. The van der Waals surface area contributed by atoms with Crippen molar-refractivity contribution in [1.82, 2.24) is 9.47 Å². The van der Waals surface area contributed by atoms with E-state index in [4.69, 9.17) is 9.47 Å². The topological polar surface area (TPSA) is 43.7 Å². The van der Waals surface area contributed by atoms with Crippen LogP contribution in [0.2, 0.25) is 0 Å². The molecule has 1 aliphatic heterocycles. The van der Waals surface area contributed by atoms with Gasteiger partial charge in [0.05, 0.1) is 20.8 Å². The van der Waals surface area contributed by atoms with Crippen molar-refractivity contribution in [3.63, 3.8) is 0 Å². The van der Waals surface area contributed by atoms with Gasteiger partial charge in [-0.3, -0.25) is 9.69 Å². The number of hydrogen-bond acceptors (Lipinski definition) is 4. The Bertz CT molecular complexity index is 808. The SMILES string of the molecule is COc1cc2c(cc1OC)CN(CC(=O)c1cc(C)n(C)c1C)CC2. The molecule has 2 aromatic rings. The Morgan fingerprint density at radius 1 is 1.08 bits per heavy atom. The van der Waals surface area contributed by atoms with Crippen LogP contribution in [0.15, 0.2) is 18.2 Å². The molecule has 0 radical (unpaired) electrons. The van der Waals surface area contributed by atoms with Crippen molar-refractivity contribution in [1.29, 1.82) is 0 Å². The van der Waals surface area contributed by atoms with E-state index in [-0.39, 0.29) is 5.78 Å². The monoisotopic (exact) mass is 342 g/mol. The van der Waals surface area contributed by atoms with Crippen LogP contribution >= 0.6 is 0 Å². The number of carbonyl (C=O) groups excluding carboxylic acids is 1. The maximum Gasteiger partial charge on any atom is 0.178 e. The summed E-state index contributed by atoms with van der Waals surface area (Å²) < 4.78 is 12.9. The average Bonchev–Trinajstić information content (AvgIpc) is 2.87. The van der Waals surface area contributed by atoms with E-state index in [1.54, 1.807) is 14.2 Å². The summed E-state index contributed by atoms with van der Waals surface area (Å²) in [6.07, 6.45) is 0.912. The summed E-state index contributed by atoms with van der Waals surface area (Å²) in [7, 11) is 5.30. The predicted molar refractivity (Wildman–Crippen MR) is 97.7 cm³/mol. The van der Waals surface area contributed by atoms with Crippen LogP contribution in [0.4, 0.5) is 0 Å². The number of nitrogens with zero attached hydrogens (tertiary/aromatic N) is 2. The van der Waals surface area contributed by atoms with Crippen molar-refractivity contribution in [2.75, 3.05) is 27.3 Å². The maximum atomic E-state index is 12.7. The first kappa shape index (κ1) is 17.5. The number of rotatable bonds is 5. The van der Waals surface area contributed by atoms with Crippen LogP contribution in [-0.4, -0.2) is 42.6 Å². The second-order valence-corrected chi connectivity index (χ2v) is 6.70. The van der Waals surface area contributed by atoms with Crippen LogP contribution in [0.3, 0.4) is 0 Å². The summed E-state index contributed by atoms with van der Waals surface area (Å²) in [5.41, 5.74) is 5.46. The maximum absolute atomic E-state index is 12.7. The van der Waals surface area contributed by atoms with E-state index in [9.17, 15) is 4.79 Å². The van der Waals surface area contributed by atoms with Gasteiger partial charge in [0.25, 0.3) is 0 Å². The zero-order valence-electron chi connectivity index (χ0n) is 15.7. The first-order chi connectivity index (χ1) is 11.9. The first-order valence-electron chi connectivity index (χ1n) is 8.56. The Labute approximate surface area is 149 Å². The molecule has 5 nitrogen and oxygen atoms in total. The second kappa shape index (κ2) is 6.92. The fourth-order valence-corrected chi connectivity index (χ4v) is 3.50. The zero-order valence-corrected chi connectivity index (χ0v) is 15.7. The number of fused-ring (bicyclic) bond motifs is 1. The molecule has 0 fully saturated rings. The smallest absolute Gasteiger partial charge is 0.178 e. The molecule has 134 valence electrons. The standard InChI is InChI=1S/C20H26N2O3/c1-13-8-17(14(2)21(13)3)18(23)12-22-7-6-15-9-19(24-4)20(25-5)10-16(15)11-22/h8-10H,6-7,11-12H2,1-5H3. The average molecular weight is 342 g/mol. The molecular weight excluding hydrogens is 316 g/mol. The highest BCUT2D eigenvalue weighted by molar-refractivity contribution is 5.99. The van der Waals surface area contributed by atoms with Gasteiger partial charge in [0.15, 0.2) is 17.3 Å². The Morgan fingerprint density at radius 3 is 2.28 bits per heavy atom. The van der Waals surface area contributed by atoms with Crippen molar-refractivity contribution in [3.8, 4) is 11.5 Å². The molecule has 0 atom stereocenters. The molecule has 25 heavy (non-hydrogen) atoms. The zero-order chi connectivity index (χ0) is 18.1. The highest BCUT2D eigenvalue weighted by Gasteiger charge is 2.23. The molecule has 0 bridgehead atoms. The molecule has 0 amide bonds. The summed E-state index contributed by atoms with van der Waals surface area (Å²) >= 11 is 0. The van der Waals surface area contributed by atoms with Gasteiger partial charge in [-0.25, -0.2) is 0 Å². The van der Waals surface area contributed by atoms with Gasteiger partial charge in [-0.2, -0.15) is 0 Å². The number of methoxy groups -OCH3 is 2. The van der Waals surface area contributed by atoms with Crippen LogP contribution in [0.1, 0.15) is 32.9 Å². The molecule has 0 unspecified atom stereocenters. The van der Waals surface area contributed by atoms with Gasteiger partial charge in [-0.05, 0) is 49.6 Å². The highest BCUT2D eigenvalue weighted by Crippen LogP contribution is 2.33. The normalized spacial score (nSPS) is 14.3. The van der Waals surface area contributed by atoms with Gasteiger partial charge < -0.3 is 14.0 Å². The van der Waals surface area contributed by atoms with Crippen LogP contribution < -0.4 is 9.47 Å². The van der Waals surface area contributed by atoms with Crippen molar-refractivity contribution in [2.24, 2.45) is 7.05 Å². The van der Waals surface area contributed by atoms with Gasteiger partial charge in [0.2, 0.25) is 0 Å². The lowest BCUT2D eigenvalue weighted by molar-refractivity contribution is 0.0920. The lowest BCUT2D eigenvalue weighted by Crippen LogP contribution is -2.35. The molecule has 5 heteroatoms. The van der Waals surface area contributed by atoms with Gasteiger partial charge in [0.1, 0.15) is 0 Å². The van der Waals surface area contributed by atoms with E-state index in [1.807, 2.05) is 33.0 Å². The molecule has 1 aliphatic rings. The number of ketones is 1. The molecule has 1 aromatic heterocycles. The number of hydrogen-bond donors (Lipinski definition) is 0. The van der Waals surface area contributed by atoms with Gasteiger partial charge in [-0.15, -0.1) is 0 Å². The first-order valence-corrected chi connectivity index (χ1v) is 8.56. The largest absolute Gasteiger partial charge is 0.493 e. The molecule has 0 saturated heterocycles. The molecule has 0 N–H and O–H groups in total. The van der Waals surface area contributed by atoms with Gasteiger partial charge in [0, 0.05) is 37.1 Å². The van der Waals surface area contributed by atoms with E-state index in [2.05, 4.69) is 15.5 Å². The van der Waals surface area contributed by atoms with Crippen molar-refractivity contribution in [3.05, 3.63) is 46.3 Å². The van der Waals surface area contributed by atoms with E-state index in [0.717, 1.165) is 48.0 Å². The Balaban J connectivity index is 1.76. The number of Topliss-reactive ketones (excluding diaryl/α,β-unsaturated/α-hetero) is 1. The van der Waals surface area contributed by atoms with Crippen LogP contribution in [0, 0.1) is 13.8 Å². The lowest BCUT2D eigenvalue weighted by Gasteiger charge is -2.29. The summed E-state index contributed by atoms with van der Waals surface area (Å²) in [6, 6.07) is 6.07. The minimum Gasteiger partial charge on any atom is -0.493 e. The summed E-state index contributed by atoms with van der Waals surface area (Å²) in [5.74, 6) is 1.69. The number of benzene rings is 1. The third kappa shape index (κ3) is 3.29. The Kier molecular flexibility index (Phi) is 4.86. The lowest BCUT2D eigenvalue weighted by atomic mass is 9.98. The number of ether oxygens (including phenoxy) is 2. The van der Waals surface area contributed by atoms with E-state index in [0.29, 0.717) is 6.54 Å². The third-order valence-corrected chi connectivity index (χ3v) is 5.24. The second-order valence-electron chi connectivity index (χ2n) is 6.70. The van der Waals surface area contributed by atoms with Gasteiger partial charge >= 0.3 is 0 Å². The Hall–Kier alpha value is -2.27. The highest BCUT2D eigenvalue weighted by atomic mass is 16.5. The molecular formula is C20H26N2O3. The fraction of sp³-hybridized carbons (Fsp3) is 0.450. The summed E-state index contributed by atoms with van der Waals surface area (Å²) in [4.78, 5) is 14.9. The molecule has 0 spiro atoms. The third-order valence-electron chi connectivity index (χ3n) is 5.24. The fourth-order valence-electron chi connectivity index (χ4n) is 3.50. The number of aryl methyl sites for hydroxylation is 1. The van der Waals surface area contributed by atoms with E-state index < -0.39 is 0 Å². The molecule has 2 heterocycles. The molecule has 0 saturated carbocycles. The summed E-state index contributed by atoms with van der Waals surface area (Å²) in [5, 5.41) is 0. The van der Waals surface area contributed by atoms with Crippen LogP contribution in [0.25, 0.3) is 0 Å².